The molecule has 1 aromatic carbocycles. The fraction of sp³-hybridized carbons (Fsp3) is 0. The van der Waals surface area contributed by atoms with Crippen molar-refractivity contribution in [3.63, 3.8) is 0 Å². The highest BCUT2D eigenvalue weighted by molar-refractivity contribution is 7.71. The minimum atomic E-state index is -0.588. The van der Waals surface area contributed by atoms with Gasteiger partial charge in [0.15, 0.2) is 5.82 Å². The maximum atomic E-state index is 13.4. The molecule has 0 saturated heterocycles. The molecule has 0 fully saturated rings. The molecule has 1 heterocycles. The summed E-state index contributed by atoms with van der Waals surface area (Å²) in [5.41, 5.74) is 1.16. The minimum absolute atomic E-state index is 0.0186. The van der Waals surface area contributed by atoms with Gasteiger partial charge in [-0.1, -0.05) is 42.5 Å². The Labute approximate surface area is 97.0 Å². The number of halogens is 1. The predicted octanol–water partition coefficient (Wildman–Crippen LogP) is 3.42. The van der Waals surface area contributed by atoms with E-state index in [1.165, 1.54) is 0 Å². The third-order valence-electron chi connectivity index (χ3n) is 2.22. The Hall–Kier alpha value is -1.99. The molecule has 0 aliphatic heterocycles. The number of benzene rings is 1. The van der Waals surface area contributed by atoms with Crippen LogP contribution in [0, 0.1) is 21.8 Å². The van der Waals surface area contributed by atoms with Crippen LogP contribution < -0.4 is 0 Å². The first kappa shape index (κ1) is 10.5. The number of rotatable bonds is 1. The van der Waals surface area contributed by atoms with Gasteiger partial charge in [-0.3, -0.25) is 0 Å². The Morgan fingerprint density at radius 2 is 1.94 bits per heavy atom. The van der Waals surface area contributed by atoms with Gasteiger partial charge in [0.05, 0.1) is 5.56 Å². The summed E-state index contributed by atoms with van der Waals surface area (Å²) in [6, 6.07) is 10.9. The molecule has 0 saturated carbocycles. The second-order valence-electron chi connectivity index (χ2n) is 3.19. The highest BCUT2D eigenvalue weighted by atomic mass is 32.1. The third-order valence-corrected chi connectivity index (χ3v) is 2.54. The Morgan fingerprint density at radius 1 is 1.25 bits per heavy atom. The van der Waals surface area contributed by atoms with Crippen LogP contribution in [0.4, 0.5) is 4.39 Å². The number of aromatic nitrogens is 1. The van der Waals surface area contributed by atoms with Gasteiger partial charge in [-0.25, -0.2) is 4.39 Å². The van der Waals surface area contributed by atoms with Crippen molar-refractivity contribution in [2.24, 2.45) is 0 Å². The normalized spacial score (nSPS) is 9.75. The average Bonchev–Trinajstić information content (AvgIpc) is 2.33. The SMILES string of the molecule is N#Cc1c(F)c[nH]c(=S)c1-c1ccccc1. The second-order valence-corrected chi connectivity index (χ2v) is 3.60. The summed E-state index contributed by atoms with van der Waals surface area (Å²) in [4.78, 5) is 2.63. The van der Waals surface area contributed by atoms with Crippen LogP contribution in [-0.2, 0) is 0 Å². The van der Waals surface area contributed by atoms with E-state index in [9.17, 15) is 4.39 Å². The van der Waals surface area contributed by atoms with Crippen molar-refractivity contribution >= 4 is 12.2 Å². The quantitative estimate of drug-likeness (QED) is 0.762. The number of H-pyrrole nitrogens is 1. The van der Waals surface area contributed by atoms with Crippen LogP contribution in [0.25, 0.3) is 11.1 Å². The molecule has 0 spiro atoms. The monoisotopic (exact) mass is 230 g/mol. The first-order valence-corrected chi connectivity index (χ1v) is 5.01. The molecular formula is C12H7FN2S. The highest BCUT2D eigenvalue weighted by Gasteiger charge is 2.11. The highest BCUT2D eigenvalue weighted by Crippen LogP contribution is 2.25. The summed E-state index contributed by atoms with van der Waals surface area (Å²) in [7, 11) is 0. The lowest BCUT2D eigenvalue weighted by Gasteiger charge is -2.04. The van der Waals surface area contributed by atoms with Crippen LogP contribution in [-0.4, -0.2) is 4.98 Å². The van der Waals surface area contributed by atoms with Crippen molar-refractivity contribution in [3.05, 3.63) is 52.5 Å². The van der Waals surface area contributed by atoms with Crippen molar-refractivity contribution in [2.75, 3.05) is 0 Å². The van der Waals surface area contributed by atoms with Crippen molar-refractivity contribution < 1.29 is 4.39 Å². The molecule has 0 atom stereocenters. The summed E-state index contributed by atoms with van der Waals surface area (Å²) >= 11 is 5.07. The summed E-state index contributed by atoms with van der Waals surface area (Å²) in [5.74, 6) is -0.588. The zero-order valence-corrected chi connectivity index (χ0v) is 9.01. The lowest BCUT2D eigenvalue weighted by Crippen LogP contribution is -1.93. The van der Waals surface area contributed by atoms with Gasteiger partial charge in [-0.15, -0.1) is 0 Å². The molecule has 2 aromatic rings. The van der Waals surface area contributed by atoms with Crippen LogP contribution >= 0.6 is 12.2 Å². The molecule has 2 rings (SSSR count). The molecule has 4 heteroatoms. The molecule has 0 unspecified atom stereocenters. The van der Waals surface area contributed by atoms with Gasteiger partial charge >= 0.3 is 0 Å². The van der Waals surface area contributed by atoms with E-state index in [1.807, 2.05) is 24.3 Å². The Morgan fingerprint density at radius 3 is 2.56 bits per heavy atom. The van der Waals surface area contributed by atoms with Crippen LogP contribution in [0.3, 0.4) is 0 Å². The largest absolute Gasteiger partial charge is 0.350 e. The summed E-state index contributed by atoms with van der Waals surface area (Å²) in [5, 5.41) is 8.93. The van der Waals surface area contributed by atoms with Crippen molar-refractivity contribution in [1.29, 1.82) is 5.26 Å². The van der Waals surface area contributed by atoms with E-state index in [-0.39, 0.29) is 5.56 Å². The Balaban J connectivity index is 2.80. The van der Waals surface area contributed by atoms with Gasteiger partial charge < -0.3 is 4.98 Å². The van der Waals surface area contributed by atoms with Crippen LogP contribution in [0.1, 0.15) is 5.56 Å². The molecule has 16 heavy (non-hydrogen) atoms. The number of nitrogens with zero attached hydrogens (tertiary/aromatic N) is 1. The predicted molar refractivity (Wildman–Crippen MR) is 61.7 cm³/mol. The van der Waals surface area contributed by atoms with E-state index in [4.69, 9.17) is 17.5 Å². The molecule has 0 aliphatic rings. The lowest BCUT2D eigenvalue weighted by atomic mass is 10.0. The van der Waals surface area contributed by atoms with Crippen LogP contribution in [0.2, 0.25) is 0 Å². The lowest BCUT2D eigenvalue weighted by molar-refractivity contribution is 0.617. The Bertz CT molecular complexity index is 611. The van der Waals surface area contributed by atoms with Crippen LogP contribution in [0.15, 0.2) is 36.5 Å². The topological polar surface area (TPSA) is 39.6 Å². The number of pyridine rings is 1. The van der Waals surface area contributed by atoms with Gasteiger partial charge in [0.25, 0.3) is 0 Å². The van der Waals surface area contributed by atoms with E-state index in [2.05, 4.69) is 4.98 Å². The molecular weight excluding hydrogens is 223 g/mol. The summed E-state index contributed by atoms with van der Waals surface area (Å²) < 4.78 is 13.8. The molecule has 1 aromatic heterocycles. The van der Waals surface area contributed by atoms with E-state index in [0.29, 0.717) is 10.2 Å². The van der Waals surface area contributed by atoms with Gasteiger partial charge in [-0.2, -0.15) is 5.26 Å². The molecule has 1 N–H and O–H groups in total. The summed E-state index contributed by atoms with van der Waals surface area (Å²) in [6.07, 6.45) is 1.10. The second kappa shape index (κ2) is 4.25. The fourth-order valence-corrected chi connectivity index (χ4v) is 1.77. The number of aromatic amines is 1. The van der Waals surface area contributed by atoms with Gasteiger partial charge in [0, 0.05) is 11.8 Å². The van der Waals surface area contributed by atoms with E-state index in [1.54, 1.807) is 12.1 Å². The third kappa shape index (κ3) is 1.73. The number of hydrogen-bond acceptors (Lipinski definition) is 2. The smallest absolute Gasteiger partial charge is 0.157 e. The van der Waals surface area contributed by atoms with E-state index >= 15 is 0 Å². The van der Waals surface area contributed by atoms with Crippen LogP contribution in [0.5, 0.6) is 0 Å². The standard InChI is InChI=1S/C12H7FN2S/c13-10-7-15-12(16)11(9(10)6-14)8-4-2-1-3-5-8/h1-5,7H,(H,15,16). The molecule has 0 aliphatic carbocycles. The van der Waals surface area contributed by atoms with Gasteiger partial charge in [-0.05, 0) is 5.56 Å². The van der Waals surface area contributed by atoms with Crippen molar-refractivity contribution in [1.82, 2.24) is 4.98 Å². The first-order chi connectivity index (χ1) is 7.74. The molecule has 0 radical (unpaired) electrons. The number of hydrogen-bond donors (Lipinski definition) is 1. The molecule has 2 nitrogen and oxygen atoms in total. The van der Waals surface area contributed by atoms with Crippen molar-refractivity contribution in [3.8, 4) is 17.2 Å². The zero-order valence-electron chi connectivity index (χ0n) is 8.20. The minimum Gasteiger partial charge on any atom is -0.350 e. The Kier molecular flexibility index (Phi) is 2.80. The molecule has 0 amide bonds. The fourth-order valence-electron chi connectivity index (χ4n) is 1.50. The number of nitriles is 1. The molecule has 78 valence electrons. The maximum absolute atomic E-state index is 13.4. The zero-order chi connectivity index (χ0) is 11.5. The van der Waals surface area contributed by atoms with Gasteiger partial charge in [0.2, 0.25) is 0 Å². The van der Waals surface area contributed by atoms with Gasteiger partial charge in [0.1, 0.15) is 10.7 Å². The van der Waals surface area contributed by atoms with E-state index < -0.39 is 5.82 Å². The first-order valence-electron chi connectivity index (χ1n) is 4.60. The maximum Gasteiger partial charge on any atom is 0.157 e. The summed E-state index contributed by atoms with van der Waals surface area (Å²) in [6.45, 7) is 0. The average molecular weight is 230 g/mol. The van der Waals surface area contributed by atoms with E-state index in [0.717, 1.165) is 11.8 Å². The molecule has 0 bridgehead atoms. The number of nitrogens with one attached hydrogen (secondary N) is 1. The van der Waals surface area contributed by atoms with Crippen molar-refractivity contribution in [2.45, 2.75) is 0 Å².